The number of nitrogens with zero attached hydrogens (tertiary/aromatic N) is 1. The second kappa shape index (κ2) is 5.12. The van der Waals surface area contributed by atoms with Crippen LogP contribution in [0, 0.1) is 0 Å². The fraction of sp³-hybridized carbons (Fsp3) is 0.222. The maximum Gasteiger partial charge on any atom is 0.122 e. The summed E-state index contributed by atoms with van der Waals surface area (Å²) in [6.45, 7) is 1.76. The van der Waals surface area contributed by atoms with Crippen LogP contribution in [0.3, 0.4) is 0 Å². The fourth-order valence-electron chi connectivity index (χ4n) is 3.19. The van der Waals surface area contributed by atoms with Crippen molar-refractivity contribution in [1.82, 2.24) is 4.57 Å². The Bertz CT molecular complexity index is 793. The van der Waals surface area contributed by atoms with Gasteiger partial charge >= 0.3 is 0 Å². The third-order valence-electron chi connectivity index (χ3n) is 4.26. The third-order valence-corrected chi connectivity index (χ3v) is 4.59. The Balaban J connectivity index is 1.71. The standard InChI is InChI=1S/C18H16ClNO/c19-16-5-3-6-17-15(16)8-10-20(17)12-13-9-11-21-18-7-2-1-4-14(13)18/h1-8,10,13H,9,11-12H2. The minimum Gasteiger partial charge on any atom is -0.493 e. The van der Waals surface area contributed by atoms with Gasteiger partial charge in [-0.1, -0.05) is 35.9 Å². The molecule has 0 saturated heterocycles. The third kappa shape index (κ3) is 2.20. The second-order valence-corrected chi connectivity index (χ2v) is 5.92. The molecule has 0 radical (unpaired) electrons. The molecule has 0 spiro atoms. The topological polar surface area (TPSA) is 14.2 Å². The van der Waals surface area contributed by atoms with Gasteiger partial charge in [0.15, 0.2) is 0 Å². The van der Waals surface area contributed by atoms with Crippen molar-refractivity contribution in [2.45, 2.75) is 18.9 Å². The SMILES string of the molecule is Clc1cccc2c1ccn2CC1CCOc2ccccc21. The van der Waals surface area contributed by atoms with Gasteiger partial charge in [-0.2, -0.15) is 0 Å². The van der Waals surface area contributed by atoms with Crippen molar-refractivity contribution in [2.75, 3.05) is 6.61 Å². The van der Waals surface area contributed by atoms with E-state index in [1.165, 1.54) is 11.1 Å². The summed E-state index contributed by atoms with van der Waals surface area (Å²) in [5, 5.41) is 1.94. The van der Waals surface area contributed by atoms with Crippen molar-refractivity contribution in [3.8, 4) is 5.75 Å². The van der Waals surface area contributed by atoms with Crippen molar-refractivity contribution >= 4 is 22.5 Å². The zero-order chi connectivity index (χ0) is 14.2. The molecule has 21 heavy (non-hydrogen) atoms. The molecule has 1 aromatic heterocycles. The maximum atomic E-state index is 6.26. The van der Waals surface area contributed by atoms with Gasteiger partial charge in [0.2, 0.25) is 0 Å². The smallest absolute Gasteiger partial charge is 0.122 e. The zero-order valence-corrected chi connectivity index (χ0v) is 12.4. The van der Waals surface area contributed by atoms with Crippen LogP contribution >= 0.6 is 11.6 Å². The van der Waals surface area contributed by atoms with E-state index in [-0.39, 0.29) is 0 Å². The molecule has 0 N–H and O–H groups in total. The van der Waals surface area contributed by atoms with Gasteiger partial charge in [0.1, 0.15) is 5.75 Å². The van der Waals surface area contributed by atoms with Gasteiger partial charge < -0.3 is 9.30 Å². The van der Waals surface area contributed by atoms with Gasteiger partial charge in [-0.15, -0.1) is 0 Å². The minimum absolute atomic E-state index is 0.490. The van der Waals surface area contributed by atoms with E-state index in [0.717, 1.165) is 35.7 Å². The van der Waals surface area contributed by atoms with Gasteiger partial charge in [-0.05, 0) is 36.2 Å². The number of rotatable bonds is 2. The summed E-state index contributed by atoms with van der Waals surface area (Å²) < 4.78 is 8.05. The molecule has 2 nitrogen and oxygen atoms in total. The van der Waals surface area contributed by atoms with Crippen LogP contribution in [-0.4, -0.2) is 11.2 Å². The molecule has 0 fully saturated rings. The normalized spacial score (nSPS) is 17.5. The first-order valence-corrected chi connectivity index (χ1v) is 7.66. The molecule has 0 saturated carbocycles. The molecule has 106 valence electrons. The van der Waals surface area contributed by atoms with E-state index in [0.29, 0.717) is 5.92 Å². The summed E-state index contributed by atoms with van der Waals surface area (Å²) in [4.78, 5) is 0. The molecule has 2 heterocycles. The minimum atomic E-state index is 0.490. The highest BCUT2D eigenvalue weighted by atomic mass is 35.5. The van der Waals surface area contributed by atoms with E-state index in [1.54, 1.807) is 0 Å². The lowest BCUT2D eigenvalue weighted by Gasteiger charge is -2.26. The first-order valence-electron chi connectivity index (χ1n) is 7.28. The van der Waals surface area contributed by atoms with Crippen LogP contribution in [0.1, 0.15) is 17.9 Å². The van der Waals surface area contributed by atoms with Crippen LogP contribution in [0.25, 0.3) is 10.9 Å². The predicted octanol–water partition coefficient (Wildman–Crippen LogP) is 4.86. The molecule has 3 aromatic rings. The molecular weight excluding hydrogens is 282 g/mol. The van der Waals surface area contributed by atoms with E-state index in [1.807, 2.05) is 18.2 Å². The molecule has 1 aliphatic rings. The summed E-state index contributed by atoms with van der Waals surface area (Å²) in [5.41, 5.74) is 2.51. The fourth-order valence-corrected chi connectivity index (χ4v) is 3.42. The highest BCUT2D eigenvalue weighted by molar-refractivity contribution is 6.35. The molecule has 4 rings (SSSR count). The molecule has 1 unspecified atom stereocenters. The Morgan fingerprint density at radius 2 is 2.00 bits per heavy atom. The molecule has 1 atom stereocenters. The van der Waals surface area contributed by atoms with E-state index in [9.17, 15) is 0 Å². The van der Waals surface area contributed by atoms with Gasteiger partial charge in [0.05, 0.1) is 6.61 Å². The summed E-state index contributed by atoms with van der Waals surface area (Å²) in [6, 6.07) is 16.5. The Labute approximate surface area is 128 Å². The molecule has 0 aliphatic carbocycles. The number of fused-ring (bicyclic) bond motifs is 2. The number of halogens is 1. The largest absolute Gasteiger partial charge is 0.493 e. The summed E-state index contributed by atoms with van der Waals surface area (Å²) in [7, 11) is 0. The van der Waals surface area contributed by atoms with Crippen LogP contribution in [0.15, 0.2) is 54.7 Å². The van der Waals surface area contributed by atoms with Crippen molar-refractivity contribution < 1.29 is 4.74 Å². The highest BCUT2D eigenvalue weighted by Gasteiger charge is 2.21. The van der Waals surface area contributed by atoms with Crippen molar-refractivity contribution in [3.63, 3.8) is 0 Å². The Morgan fingerprint density at radius 1 is 1.10 bits per heavy atom. The van der Waals surface area contributed by atoms with Gasteiger partial charge in [0.25, 0.3) is 0 Å². The van der Waals surface area contributed by atoms with E-state index < -0.39 is 0 Å². The van der Waals surface area contributed by atoms with E-state index >= 15 is 0 Å². The number of para-hydroxylation sites is 1. The van der Waals surface area contributed by atoms with Crippen molar-refractivity contribution in [3.05, 3.63) is 65.3 Å². The quantitative estimate of drug-likeness (QED) is 0.659. The van der Waals surface area contributed by atoms with Gasteiger partial charge in [-0.25, -0.2) is 0 Å². The number of hydrogen-bond donors (Lipinski definition) is 0. The Kier molecular flexibility index (Phi) is 3.12. The molecule has 0 bridgehead atoms. The van der Waals surface area contributed by atoms with Crippen LogP contribution in [0.4, 0.5) is 0 Å². The maximum absolute atomic E-state index is 6.26. The molecule has 2 aromatic carbocycles. The number of benzene rings is 2. The molecule has 3 heteroatoms. The zero-order valence-electron chi connectivity index (χ0n) is 11.6. The Morgan fingerprint density at radius 3 is 2.95 bits per heavy atom. The van der Waals surface area contributed by atoms with Crippen LogP contribution in [0.5, 0.6) is 5.75 Å². The lowest BCUT2D eigenvalue weighted by atomic mass is 9.93. The predicted molar refractivity (Wildman–Crippen MR) is 86.2 cm³/mol. The molecular formula is C18H16ClNO. The molecule has 0 amide bonds. The molecule has 1 aliphatic heterocycles. The van der Waals surface area contributed by atoms with Crippen LogP contribution in [0.2, 0.25) is 5.02 Å². The van der Waals surface area contributed by atoms with Crippen LogP contribution < -0.4 is 4.74 Å². The van der Waals surface area contributed by atoms with Crippen molar-refractivity contribution in [2.24, 2.45) is 0 Å². The average Bonchev–Trinajstić information content (AvgIpc) is 2.92. The summed E-state index contributed by atoms with van der Waals surface area (Å²) in [6.07, 6.45) is 3.19. The summed E-state index contributed by atoms with van der Waals surface area (Å²) in [5.74, 6) is 1.52. The van der Waals surface area contributed by atoms with Crippen molar-refractivity contribution in [1.29, 1.82) is 0 Å². The first kappa shape index (κ1) is 12.8. The van der Waals surface area contributed by atoms with E-state index in [4.69, 9.17) is 16.3 Å². The Hall–Kier alpha value is -1.93. The lowest BCUT2D eigenvalue weighted by Crippen LogP contribution is -2.18. The summed E-state index contributed by atoms with van der Waals surface area (Å²) >= 11 is 6.26. The highest BCUT2D eigenvalue weighted by Crippen LogP contribution is 2.35. The monoisotopic (exact) mass is 297 g/mol. The first-order chi connectivity index (χ1) is 10.3. The number of aromatic nitrogens is 1. The number of ether oxygens (including phenoxy) is 1. The lowest BCUT2D eigenvalue weighted by molar-refractivity contribution is 0.259. The second-order valence-electron chi connectivity index (χ2n) is 5.51. The number of hydrogen-bond acceptors (Lipinski definition) is 1. The van der Waals surface area contributed by atoms with Gasteiger partial charge in [0, 0.05) is 34.6 Å². The van der Waals surface area contributed by atoms with Crippen LogP contribution in [-0.2, 0) is 6.54 Å². The van der Waals surface area contributed by atoms with E-state index in [2.05, 4.69) is 41.1 Å². The van der Waals surface area contributed by atoms with Gasteiger partial charge in [-0.3, -0.25) is 0 Å². The average molecular weight is 298 g/mol.